The number of amides is 2. The third kappa shape index (κ3) is 9.61. The van der Waals surface area contributed by atoms with Crippen molar-refractivity contribution in [3.8, 4) is 5.75 Å². The molecule has 1 aliphatic rings. The molecule has 0 saturated heterocycles. The van der Waals surface area contributed by atoms with Crippen molar-refractivity contribution < 1.29 is 22.7 Å². The Labute approximate surface area is 276 Å². The SMILES string of the molecule is CCOc1ccccc1N(CCCC(=O)N(Cc1c(Cl)cccc1Cl)C(Cc1ccccc1)C(=O)NC1CCCC1)S(C)(=O)=O. The van der Waals surface area contributed by atoms with E-state index in [1.165, 1.54) is 4.31 Å². The zero-order valence-electron chi connectivity index (χ0n) is 25.8. The van der Waals surface area contributed by atoms with E-state index in [9.17, 15) is 18.0 Å². The first-order valence-corrected chi connectivity index (χ1v) is 17.9. The first-order chi connectivity index (χ1) is 21.6. The normalized spacial score (nSPS) is 14.1. The smallest absolute Gasteiger partial charge is 0.243 e. The Balaban J connectivity index is 1.63. The number of ether oxygens (including phenoxy) is 1. The minimum atomic E-state index is -3.69. The third-order valence-electron chi connectivity index (χ3n) is 7.95. The van der Waals surface area contributed by atoms with Crippen LogP contribution in [0.25, 0.3) is 0 Å². The lowest BCUT2D eigenvalue weighted by Gasteiger charge is -2.33. The monoisotopic (exact) mass is 673 g/mol. The number of nitrogens with zero attached hydrogens (tertiary/aromatic N) is 2. The van der Waals surface area contributed by atoms with Crippen molar-refractivity contribution in [3.05, 3.63) is 94.0 Å². The van der Waals surface area contributed by atoms with Crippen LogP contribution in [0, 0.1) is 0 Å². The van der Waals surface area contributed by atoms with Gasteiger partial charge in [0.15, 0.2) is 0 Å². The van der Waals surface area contributed by atoms with E-state index in [-0.39, 0.29) is 43.8 Å². The highest BCUT2D eigenvalue weighted by Gasteiger charge is 2.33. The third-order valence-corrected chi connectivity index (χ3v) is 9.84. The molecule has 3 aromatic rings. The molecule has 1 atom stereocenters. The minimum Gasteiger partial charge on any atom is -0.492 e. The predicted molar refractivity (Wildman–Crippen MR) is 180 cm³/mol. The molecule has 0 heterocycles. The van der Waals surface area contributed by atoms with E-state index in [4.69, 9.17) is 27.9 Å². The van der Waals surface area contributed by atoms with Crippen LogP contribution in [-0.4, -0.2) is 56.6 Å². The molecular formula is C34H41Cl2N3O5S. The van der Waals surface area contributed by atoms with Crippen molar-refractivity contribution in [1.82, 2.24) is 10.2 Å². The van der Waals surface area contributed by atoms with E-state index in [0.29, 0.717) is 40.1 Å². The van der Waals surface area contributed by atoms with Crippen molar-refractivity contribution in [2.24, 2.45) is 0 Å². The van der Waals surface area contributed by atoms with Crippen LogP contribution in [0.4, 0.5) is 5.69 Å². The quantitative estimate of drug-likeness (QED) is 0.195. The number of sulfonamides is 1. The van der Waals surface area contributed by atoms with Gasteiger partial charge < -0.3 is 15.0 Å². The number of para-hydroxylation sites is 2. The fourth-order valence-corrected chi connectivity index (χ4v) is 7.18. The molecule has 1 N–H and O–H groups in total. The van der Waals surface area contributed by atoms with Crippen LogP contribution >= 0.6 is 23.2 Å². The number of carbonyl (C=O) groups is 2. The second-order valence-electron chi connectivity index (χ2n) is 11.3. The number of benzene rings is 3. The molecule has 2 amide bonds. The van der Waals surface area contributed by atoms with Gasteiger partial charge in [0.25, 0.3) is 0 Å². The summed E-state index contributed by atoms with van der Waals surface area (Å²) in [6.45, 7) is 2.27. The molecule has 4 rings (SSSR count). The van der Waals surface area contributed by atoms with Crippen LogP contribution in [-0.2, 0) is 32.6 Å². The van der Waals surface area contributed by atoms with Gasteiger partial charge in [0.05, 0.1) is 18.6 Å². The van der Waals surface area contributed by atoms with Crippen LogP contribution in [0.15, 0.2) is 72.8 Å². The Hall–Kier alpha value is -3.27. The molecule has 0 radical (unpaired) electrons. The van der Waals surface area contributed by atoms with Crippen molar-refractivity contribution in [2.75, 3.05) is 23.7 Å². The van der Waals surface area contributed by atoms with Gasteiger partial charge >= 0.3 is 0 Å². The number of hydrogen-bond acceptors (Lipinski definition) is 5. The Morgan fingerprint density at radius 1 is 0.956 bits per heavy atom. The lowest BCUT2D eigenvalue weighted by molar-refractivity contribution is -0.141. The van der Waals surface area contributed by atoms with Gasteiger partial charge in [-0.25, -0.2) is 8.42 Å². The highest BCUT2D eigenvalue weighted by Crippen LogP contribution is 2.31. The number of hydrogen-bond donors (Lipinski definition) is 1. The predicted octanol–water partition coefficient (Wildman–Crippen LogP) is 6.64. The maximum atomic E-state index is 14.1. The summed E-state index contributed by atoms with van der Waals surface area (Å²) < 4.78 is 32.7. The summed E-state index contributed by atoms with van der Waals surface area (Å²) >= 11 is 13.1. The Kier molecular flexibility index (Phi) is 12.6. The fourth-order valence-electron chi connectivity index (χ4n) is 5.70. The second kappa shape index (κ2) is 16.3. The van der Waals surface area contributed by atoms with Gasteiger partial charge in [-0.15, -0.1) is 0 Å². The highest BCUT2D eigenvalue weighted by atomic mass is 35.5. The van der Waals surface area contributed by atoms with Crippen molar-refractivity contribution >= 4 is 50.7 Å². The van der Waals surface area contributed by atoms with Gasteiger partial charge in [-0.05, 0) is 56.0 Å². The van der Waals surface area contributed by atoms with Crippen LogP contribution in [0.1, 0.15) is 56.6 Å². The number of carbonyl (C=O) groups excluding carboxylic acids is 2. The van der Waals surface area contributed by atoms with E-state index in [0.717, 1.165) is 37.5 Å². The maximum absolute atomic E-state index is 14.1. The molecule has 1 fully saturated rings. The summed E-state index contributed by atoms with van der Waals surface area (Å²) in [6, 6.07) is 20.9. The largest absolute Gasteiger partial charge is 0.492 e. The van der Waals surface area contributed by atoms with Crippen LogP contribution < -0.4 is 14.4 Å². The van der Waals surface area contributed by atoms with Crippen LogP contribution in [0.5, 0.6) is 5.75 Å². The van der Waals surface area contributed by atoms with E-state index < -0.39 is 16.1 Å². The molecular weight excluding hydrogens is 633 g/mol. The molecule has 1 unspecified atom stereocenters. The van der Waals surface area contributed by atoms with Crippen LogP contribution in [0.2, 0.25) is 10.0 Å². The summed E-state index contributed by atoms with van der Waals surface area (Å²) in [5, 5.41) is 3.97. The number of rotatable bonds is 15. The van der Waals surface area contributed by atoms with E-state index in [1.54, 1.807) is 47.4 Å². The molecule has 0 spiro atoms. The topological polar surface area (TPSA) is 96.0 Å². The van der Waals surface area contributed by atoms with Gasteiger partial charge in [-0.3, -0.25) is 13.9 Å². The molecule has 45 heavy (non-hydrogen) atoms. The molecule has 242 valence electrons. The second-order valence-corrected chi connectivity index (χ2v) is 14.0. The van der Waals surface area contributed by atoms with Crippen molar-refractivity contribution in [2.45, 2.75) is 70.5 Å². The number of halogens is 2. The molecule has 3 aromatic carbocycles. The zero-order valence-corrected chi connectivity index (χ0v) is 28.1. The zero-order chi connectivity index (χ0) is 32.4. The Bertz CT molecular complexity index is 1530. The summed E-state index contributed by atoms with van der Waals surface area (Å²) in [5.74, 6) is -0.0936. The first-order valence-electron chi connectivity index (χ1n) is 15.3. The fraction of sp³-hybridized carbons (Fsp3) is 0.412. The maximum Gasteiger partial charge on any atom is 0.243 e. The Morgan fingerprint density at radius 2 is 1.60 bits per heavy atom. The highest BCUT2D eigenvalue weighted by molar-refractivity contribution is 7.92. The first kappa shape index (κ1) is 34.6. The molecule has 11 heteroatoms. The molecule has 0 aromatic heterocycles. The number of anilines is 1. The molecule has 1 aliphatic carbocycles. The van der Waals surface area contributed by atoms with Gasteiger partial charge in [0.2, 0.25) is 21.8 Å². The summed E-state index contributed by atoms with van der Waals surface area (Å²) in [6.07, 6.45) is 5.54. The van der Waals surface area contributed by atoms with Gasteiger partial charge in [0.1, 0.15) is 11.8 Å². The van der Waals surface area contributed by atoms with Crippen LogP contribution in [0.3, 0.4) is 0 Å². The van der Waals surface area contributed by atoms with E-state index in [2.05, 4.69) is 5.32 Å². The van der Waals surface area contributed by atoms with E-state index in [1.807, 2.05) is 37.3 Å². The summed E-state index contributed by atoms with van der Waals surface area (Å²) in [5.41, 5.74) is 1.86. The van der Waals surface area contributed by atoms with Gasteiger partial charge in [-0.1, -0.05) is 84.6 Å². The molecule has 0 bridgehead atoms. The Morgan fingerprint density at radius 3 is 2.24 bits per heavy atom. The van der Waals surface area contributed by atoms with Gasteiger partial charge in [-0.2, -0.15) is 0 Å². The standard InChI is InChI=1S/C34H41Cl2N3O5S/c1-3-44-32-20-10-9-19-30(32)39(45(2,42)43)22-12-21-33(40)38(24-27-28(35)17-11-18-29(27)36)31(23-25-13-5-4-6-14-25)34(41)37-26-15-7-8-16-26/h4-6,9-11,13-14,17-20,26,31H,3,7-8,12,15-16,21-24H2,1-2H3,(H,37,41). The van der Waals surface area contributed by atoms with Gasteiger partial charge in [0, 0.05) is 47.6 Å². The molecule has 1 saturated carbocycles. The number of nitrogens with one attached hydrogen (secondary N) is 1. The minimum absolute atomic E-state index is 0.00705. The molecule has 0 aliphatic heterocycles. The molecule has 8 nitrogen and oxygen atoms in total. The lowest BCUT2D eigenvalue weighted by Crippen LogP contribution is -2.52. The van der Waals surface area contributed by atoms with Crippen molar-refractivity contribution in [3.63, 3.8) is 0 Å². The summed E-state index contributed by atoms with van der Waals surface area (Å²) in [7, 11) is -3.69. The lowest BCUT2D eigenvalue weighted by atomic mass is 10.0. The summed E-state index contributed by atoms with van der Waals surface area (Å²) in [4.78, 5) is 29.6. The van der Waals surface area contributed by atoms with E-state index >= 15 is 0 Å². The average molecular weight is 675 g/mol. The average Bonchev–Trinajstić information content (AvgIpc) is 3.52. The van der Waals surface area contributed by atoms with Crippen molar-refractivity contribution in [1.29, 1.82) is 0 Å².